The monoisotopic (exact) mass is 283 g/mol. The minimum absolute atomic E-state index is 0.0469. The second kappa shape index (κ2) is 7.04. The van der Waals surface area contributed by atoms with Crippen LogP contribution in [0.25, 0.3) is 0 Å². The van der Waals surface area contributed by atoms with Crippen molar-refractivity contribution in [3.05, 3.63) is 29.3 Å². The van der Waals surface area contributed by atoms with Crippen LogP contribution in [-0.2, 0) is 4.74 Å². The number of nitrogens with one attached hydrogen (secondary N) is 1. The molecule has 20 heavy (non-hydrogen) atoms. The van der Waals surface area contributed by atoms with Gasteiger partial charge in [0.2, 0.25) is 0 Å². The number of ether oxygens (including phenoxy) is 1. The van der Waals surface area contributed by atoms with E-state index in [9.17, 15) is 15.3 Å². The molecule has 2 unspecified atom stereocenters. The van der Waals surface area contributed by atoms with Crippen LogP contribution in [0.15, 0.2) is 18.2 Å². The predicted molar refractivity (Wildman–Crippen MR) is 77.7 cm³/mol. The summed E-state index contributed by atoms with van der Waals surface area (Å²) in [7, 11) is 1.46. The zero-order chi connectivity index (χ0) is 15.3. The first-order valence-electron chi connectivity index (χ1n) is 6.68. The van der Waals surface area contributed by atoms with Crippen LogP contribution in [0.4, 0.5) is 0 Å². The van der Waals surface area contributed by atoms with Crippen molar-refractivity contribution in [3.8, 4) is 5.75 Å². The Balaban J connectivity index is 2.88. The third-order valence-electron chi connectivity index (χ3n) is 3.06. The smallest absolute Gasteiger partial charge is 0.121 e. The molecule has 0 heterocycles. The molecule has 0 bridgehead atoms. The highest BCUT2D eigenvalue weighted by atomic mass is 16.5. The number of aliphatic hydroxyl groups excluding tert-OH is 2. The van der Waals surface area contributed by atoms with E-state index in [1.54, 1.807) is 12.1 Å². The molecule has 1 rings (SSSR count). The van der Waals surface area contributed by atoms with Gasteiger partial charge >= 0.3 is 0 Å². The van der Waals surface area contributed by atoms with E-state index < -0.39 is 12.2 Å². The van der Waals surface area contributed by atoms with Gasteiger partial charge in [-0.3, -0.25) is 0 Å². The normalized spacial score (nSPS) is 15.1. The maximum absolute atomic E-state index is 10.2. The van der Waals surface area contributed by atoms with Crippen molar-refractivity contribution in [1.82, 2.24) is 5.32 Å². The topological polar surface area (TPSA) is 82.0 Å². The van der Waals surface area contributed by atoms with E-state index >= 15 is 0 Å². The molecular weight excluding hydrogens is 258 g/mol. The average molecular weight is 283 g/mol. The highest BCUT2D eigenvalue weighted by molar-refractivity contribution is 5.38. The molecule has 0 amide bonds. The van der Waals surface area contributed by atoms with Gasteiger partial charge in [-0.2, -0.15) is 0 Å². The van der Waals surface area contributed by atoms with Gasteiger partial charge in [-0.15, -0.1) is 0 Å². The van der Waals surface area contributed by atoms with Gasteiger partial charge in [0.05, 0.1) is 12.7 Å². The van der Waals surface area contributed by atoms with Crippen LogP contribution in [0.3, 0.4) is 0 Å². The lowest BCUT2D eigenvalue weighted by Gasteiger charge is -2.23. The van der Waals surface area contributed by atoms with Crippen LogP contribution in [0.5, 0.6) is 5.75 Å². The Morgan fingerprint density at radius 1 is 1.30 bits per heavy atom. The van der Waals surface area contributed by atoms with Gasteiger partial charge in [-0.25, -0.2) is 0 Å². The second-order valence-electron chi connectivity index (χ2n) is 5.87. The summed E-state index contributed by atoms with van der Waals surface area (Å²) in [6, 6.07) is 4.83. The van der Waals surface area contributed by atoms with Crippen molar-refractivity contribution in [2.75, 3.05) is 20.3 Å². The molecule has 0 aliphatic carbocycles. The van der Waals surface area contributed by atoms with Gasteiger partial charge in [0.1, 0.15) is 11.9 Å². The zero-order valence-electron chi connectivity index (χ0n) is 12.6. The Bertz CT molecular complexity index is 424. The van der Waals surface area contributed by atoms with E-state index in [4.69, 9.17) is 4.74 Å². The number of benzene rings is 1. The van der Waals surface area contributed by atoms with Gasteiger partial charge in [0.15, 0.2) is 0 Å². The van der Waals surface area contributed by atoms with Crippen molar-refractivity contribution in [2.24, 2.45) is 0 Å². The summed E-state index contributed by atoms with van der Waals surface area (Å²) in [5, 5.41) is 32.4. The number of hydrogen-bond acceptors (Lipinski definition) is 5. The summed E-state index contributed by atoms with van der Waals surface area (Å²) in [5.41, 5.74) is 1.06. The molecule has 0 aromatic heterocycles. The predicted octanol–water partition coefficient (Wildman–Crippen LogP) is 1.49. The third-order valence-corrected chi connectivity index (χ3v) is 3.06. The molecule has 4 N–H and O–H groups in total. The highest BCUT2D eigenvalue weighted by Gasteiger charge is 2.18. The van der Waals surface area contributed by atoms with Gasteiger partial charge in [0, 0.05) is 24.8 Å². The molecule has 0 saturated carbocycles. The van der Waals surface area contributed by atoms with Crippen molar-refractivity contribution in [1.29, 1.82) is 0 Å². The Morgan fingerprint density at radius 2 is 1.95 bits per heavy atom. The molecule has 5 heteroatoms. The lowest BCUT2D eigenvalue weighted by Crippen LogP contribution is -2.38. The number of aliphatic hydroxyl groups is 2. The molecule has 5 nitrogen and oxygen atoms in total. The molecule has 1 aromatic rings. The Morgan fingerprint density at radius 3 is 2.45 bits per heavy atom. The molecular formula is C15H25NO4. The SMILES string of the molecule is COC(CO)c1cc(C(O)CNC(C)(C)C)ccc1O. The largest absolute Gasteiger partial charge is 0.508 e. The molecule has 0 aliphatic heterocycles. The fraction of sp³-hybridized carbons (Fsp3) is 0.600. The van der Waals surface area contributed by atoms with Crippen molar-refractivity contribution in [2.45, 2.75) is 38.5 Å². The van der Waals surface area contributed by atoms with E-state index in [1.807, 2.05) is 20.8 Å². The van der Waals surface area contributed by atoms with Crippen LogP contribution in [0.1, 0.15) is 44.1 Å². The number of phenols is 1. The molecule has 0 spiro atoms. The maximum atomic E-state index is 10.2. The van der Waals surface area contributed by atoms with Crippen molar-refractivity contribution < 1.29 is 20.1 Å². The van der Waals surface area contributed by atoms with Gasteiger partial charge in [0.25, 0.3) is 0 Å². The van der Waals surface area contributed by atoms with Crippen LogP contribution >= 0.6 is 0 Å². The molecule has 0 aliphatic rings. The van der Waals surface area contributed by atoms with E-state index in [-0.39, 0.29) is 17.9 Å². The Kier molecular flexibility index (Phi) is 5.95. The van der Waals surface area contributed by atoms with Gasteiger partial charge < -0.3 is 25.4 Å². The van der Waals surface area contributed by atoms with Crippen LogP contribution in [0.2, 0.25) is 0 Å². The Labute approximate surface area is 120 Å². The molecule has 114 valence electrons. The number of methoxy groups -OCH3 is 1. The standard InChI is InChI=1S/C15H25NO4/c1-15(2,3)16-8-13(19)10-5-6-12(18)11(7-10)14(9-17)20-4/h5-7,13-14,16-19H,8-9H2,1-4H3. The van der Waals surface area contributed by atoms with Crippen molar-refractivity contribution >= 4 is 0 Å². The van der Waals surface area contributed by atoms with Crippen LogP contribution in [-0.4, -0.2) is 41.1 Å². The maximum Gasteiger partial charge on any atom is 0.121 e. The van der Waals surface area contributed by atoms with E-state index in [2.05, 4.69) is 5.32 Å². The minimum Gasteiger partial charge on any atom is -0.508 e. The first-order valence-corrected chi connectivity index (χ1v) is 6.68. The number of hydrogen-bond donors (Lipinski definition) is 4. The fourth-order valence-electron chi connectivity index (χ4n) is 1.86. The summed E-state index contributed by atoms with van der Waals surface area (Å²) in [4.78, 5) is 0. The summed E-state index contributed by atoms with van der Waals surface area (Å²) >= 11 is 0. The lowest BCUT2D eigenvalue weighted by atomic mass is 10.0. The quantitative estimate of drug-likeness (QED) is 0.636. The number of β-amino-alcohol motifs (C(OH)–C–C–N with tert-alkyl or cyclic N) is 1. The third kappa shape index (κ3) is 4.76. The summed E-state index contributed by atoms with van der Waals surface area (Å²) in [6.07, 6.45) is -1.29. The van der Waals surface area contributed by atoms with E-state index in [0.717, 1.165) is 0 Å². The number of rotatable bonds is 6. The van der Waals surface area contributed by atoms with Gasteiger partial charge in [-0.05, 0) is 38.5 Å². The molecule has 2 atom stereocenters. The number of phenolic OH excluding ortho intramolecular Hbond substituents is 1. The van der Waals surface area contributed by atoms with Gasteiger partial charge in [-0.1, -0.05) is 6.07 Å². The second-order valence-corrected chi connectivity index (χ2v) is 5.87. The van der Waals surface area contributed by atoms with Crippen molar-refractivity contribution in [3.63, 3.8) is 0 Å². The first kappa shape index (κ1) is 16.9. The average Bonchev–Trinajstić information content (AvgIpc) is 2.38. The lowest BCUT2D eigenvalue weighted by molar-refractivity contribution is 0.0465. The summed E-state index contributed by atoms with van der Waals surface area (Å²) in [5.74, 6) is 0.0469. The molecule has 0 saturated heterocycles. The van der Waals surface area contributed by atoms with E-state index in [1.165, 1.54) is 13.2 Å². The summed E-state index contributed by atoms with van der Waals surface area (Å²) < 4.78 is 5.11. The molecule has 0 fully saturated rings. The first-order chi connectivity index (χ1) is 9.28. The highest BCUT2D eigenvalue weighted by Crippen LogP contribution is 2.29. The Hall–Kier alpha value is -1.14. The summed E-state index contributed by atoms with van der Waals surface area (Å²) in [6.45, 7) is 6.24. The van der Waals surface area contributed by atoms with E-state index in [0.29, 0.717) is 17.7 Å². The van der Waals surface area contributed by atoms with Crippen LogP contribution in [0, 0.1) is 0 Å². The molecule has 1 aromatic carbocycles. The fourth-order valence-corrected chi connectivity index (χ4v) is 1.86. The number of aromatic hydroxyl groups is 1. The zero-order valence-corrected chi connectivity index (χ0v) is 12.6. The minimum atomic E-state index is -0.690. The van der Waals surface area contributed by atoms with Crippen LogP contribution < -0.4 is 5.32 Å². The molecule has 0 radical (unpaired) electrons.